The van der Waals surface area contributed by atoms with Crippen molar-refractivity contribution >= 4 is 47.4 Å². The zero-order chi connectivity index (χ0) is 34.1. The molecule has 0 amide bonds. The average Bonchev–Trinajstić information content (AvgIpc) is 3.24. The van der Waals surface area contributed by atoms with Crippen LogP contribution in [-0.2, 0) is 23.4 Å². The number of anilines is 2. The molecule has 4 N–H and O–H groups in total. The number of alkyl halides is 1. The Morgan fingerprint density at radius 1 is 1.23 bits per heavy atom. The highest BCUT2D eigenvalue weighted by Gasteiger charge is 2.85. The molecule has 1 aliphatic heterocycles. The lowest BCUT2D eigenvalue weighted by atomic mass is 9.97. The van der Waals surface area contributed by atoms with Crippen molar-refractivity contribution in [2.45, 2.75) is 70.4 Å². The number of hydrogen-bond donors (Lipinski definition) is 3. The van der Waals surface area contributed by atoms with Crippen molar-refractivity contribution in [1.29, 1.82) is 0 Å². The monoisotopic (exact) mass is 671 g/mol. The second-order valence-electron chi connectivity index (χ2n) is 13.5. The number of imidazole rings is 1. The highest BCUT2D eigenvalue weighted by molar-refractivity contribution is 7.52. The molecule has 2 aromatic carbocycles. The van der Waals surface area contributed by atoms with Crippen molar-refractivity contribution in [2.24, 2.45) is 5.41 Å². The molecule has 2 aromatic heterocycles. The average molecular weight is 672 g/mol. The number of rotatable bonds is 10. The molecule has 14 nitrogen and oxygen atoms in total. The molecule has 1 saturated carbocycles. The van der Waals surface area contributed by atoms with Gasteiger partial charge in [0.1, 0.15) is 24.0 Å². The fraction of sp³-hybridized carbons (Fsp3) is 0.484. The first-order valence-electron chi connectivity index (χ1n) is 15.1. The van der Waals surface area contributed by atoms with Crippen molar-refractivity contribution in [3.63, 3.8) is 0 Å². The van der Waals surface area contributed by atoms with E-state index in [0.717, 1.165) is 12.3 Å². The molecule has 1 aliphatic carbocycles. The number of aliphatic hydroxyl groups is 1. The number of carbonyl (C=O) groups is 1. The van der Waals surface area contributed by atoms with Crippen molar-refractivity contribution in [3.05, 3.63) is 48.8 Å². The molecule has 7 atom stereocenters. The number of benzene rings is 2. The van der Waals surface area contributed by atoms with Crippen molar-refractivity contribution in [3.8, 4) is 5.75 Å². The highest BCUT2D eigenvalue weighted by atomic mass is 31.2. The first kappa shape index (κ1) is 33.0. The molecule has 4 aromatic rings. The molecule has 6 rings (SSSR count). The van der Waals surface area contributed by atoms with Gasteiger partial charge < -0.3 is 29.7 Å². The van der Waals surface area contributed by atoms with Crippen LogP contribution in [0.3, 0.4) is 0 Å². The molecule has 47 heavy (non-hydrogen) atoms. The van der Waals surface area contributed by atoms with Crippen LogP contribution >= 0.6 is 7.75 Å². The Morgan fingerprint density at radius 3 is 2.60 bits per heavy atom. The number of fused-ring (bicyclic) bond motifs is 3. The van der Waals surface area contributed by atoms with Gasteiger partial charge in [0.15, 0.2) is 34.5 Å². The van der Waals surface area contributed by atoms with Gasteiger partial charge in [0, 0.05) is 19.5 Å². The van der Waals surface area contributed by atoms with Gasteiger partial charge in [-0.2, -0.15) is 15.1 Å². The van der Waals surface area contributed by atoms with E-state index in [1.165, 1.54) is 17.8 Å². The normalized spacial score (nSPS) is 27.3. The van der Waals surface area contributed by atoms with Gasteiger partial charge in [0.2, 0.25) is 5.95 Å². The largest absolute Gasteiger partial charge is 0.464 e. The van der Waals surface area contributed by atoms with Crippen LogP contribution in [0.1, 0.15) is 40.8 Å². The Kier molecular flexibility index (Phi) is 8.00. The zero-order valence-corrected chi connectivity index (χ0v) is 28.1. The smallest absolute Gasteiger partial charge is 0.459 e. The molecular weight excluding hydrogens is 632 g/mol. The van der Waals surface area contributed by atoms with E-state index in [1.54, 1.807) is 43.3 Å². The SMILES string of the molecule is C[C@H](N[P@@](=O)(Oc1cccc2ccccc12)OC1[C@H]2O[C@@H](n3cnc4c(N(C)C)nc(N)nc43)[C@](C)(F)[C@@]12O)C(=O)OCC(C)(C)C. The van der Waals surface area contributed by atoms with E-state index in [9.17, 15) is 14.5 Å². The van der Waals surface area contributed by atoms with Gasteiger partial charge in [0.05, 0.1) is 12.9 Å². The first-order valence-corrected chi connectivity index (χ1v) is 16.6. The van der Waals surface area contributed by atoms with Gasteiger partial charge in [-0.3, -0.25) is 13.9 Å². The number of esters is 1. The van der Waals surface area contributed by atoms with E-state index in [4.69, 9.17) is 24.3 Å². The molecule has 1 unspecified atom stereocenters. The predicted molar refractivity (Wildman–Crippen MR) is 173 cm³/mol. The summed E-state index contributed by atoms with van der Waals surface area (Å²) in [5.74, 6) is -0.147. The van der Waals surface area contributed by atoms with Crippen LogP contribution in [0.5, 0.6) is 5.75 Å². The maximum atomic E-state index is 16.8. The summed E-state index contributed by atoms with van der Waals surface area (Å²) >= 11 is 0. The van der Waals surface area contributed by atoms with Crippen LogP contribution in [0.15, 0.2) is 48.8 Å². The quantitative estimate of drug-likeness (QED) is 0.162. The third kappa shape index (κ3) is 5.80. The lowest BCUT2D eigenvalue weighted by Crippen LogP contribution is -2.45. The van der Waals surface area contributed by atoms with E-state index < -0.39 is 49.5 Å². The summed E-state index contributed by atoms with van der Waals surface area (Å²) in [6, 6.07) is 11.3. The zero-order valence-electron chi connectivity index (χ0n) is 27.2. The second kappa shape index (κ2) is 11.4. The Hall–Kier alpha value is -3.88. The molecule has 3 heterocycles. The number of carbonyl (C=O) groups excluding carboxylic acids is 1. The van der Waals surface area contributed by atoms with Crippen LogP contribution in [-0.4, -0.2) is 80.8 Å². The molecule has 0 spiro atoms. The van der Waals surface area contributed by atoms with Crippen LogP contribution < -0.4 is 20.2 Å². The minimum atomic E-state index is -4.53. The highest BCUT2D eigenvalue weighted by Crippen LogP contribution is 2.66. The van der Waals surface area contributed by atoms with Crippen LogP contribution in [0, 0.1) is 5.41 Å². The fourth-order valence-corrected chi connectivity index (χ4v) is 7.43. The number of nitrogen functional groups attached to an aromatic ring is 1. The topological polar surface area (TPSA) is 176 Å². The minimum absolute atomic E-state index is 0.0562. The fourth-order valence-electron chi connectivity index (χ4n) is 5.71. The molecule has 1 saturated heterocycles. The summed E-state index contributed by atoms with van der Waals surface area (Å²) in [6.45, 7) is 8.42. The van der Waals surface area contributed by atoms with Gasteiger partial charge in [-0.05, 0) is 30.7 Å². The summed E-state index contributed by atoms with van der Waals surface area (Å²) in [7, 11) is -1.02. The lowest BCUT2D eigenvalue weighted by molar-refractivity contribution is -0.148. The summed E-state index contributed by atoms with van der Waals surface area (Å²) in [5.41, 5.74) is 1.41. The van der Waals surface area contributed by atoms with E-state index in [2.05, 4.69) is 20.0 Å². The van der Waals surface area contributed by atoms with Crippen LogP contribution in [0.4, 0.5) is 16.2 Å². The van der Waals surface area contributed by atoms with Crippen LogP contribution in [0.2, 0.25) is 0 Å². The van der Waals surface area contributed by atoms with Gasteiger partial charge >= 0.3 is 13.7 Å². The summed E-state index contributed by atoms with van der Waals surface area (Å²) < 4.78 is 56.0. The Labute approximate surface area is 271 Å². The van der Waals surface area contributed by atoms with Crippen molar-refractivity contribution in [2.75, 3.05) is 31.3 Å². The number of nitrogens with zero attached hydrogens (tertiary/aromatic N) is 5. The second-order valence-corrected chi connectivity index (χ2v) is 15.2. The third-order valence-electron chi connectivity index (χ3n) is 8.23. The number of hydrogen-bond acceptors (Lipinski definition) is 12. The van der Waals surface area contributed by atoms with E-state index in [0.29, 0.717) is 16.7 Å². The minimum Gasteiger partial charge on any atom is -0.464 e. The standard InChI is InChI=1S/C31H39FN7O7P/c1-17(26(40)43-15-29(2,3)4)37-47(42,45-20-14-10-12-18-11-8-9-13-19(18)20)46-23-22-31(23,41)30(5,32)27(44-22)39-16-34-21-24(38(6)7)35-28(33)36-25(21)39/h8-14,16-17,22-23,27,41H,15H2,1-7H3,(H,37,42)(H2,33,35,36)/t17-,22+,23?,27+,30-,31-,47+/m0/s1. The number of ether oxygens (including phenoxy) is 2. The molecule has 2 fully saturated rings. The Balaban J connectivity index is 1.29. The molecule has 16 heteroatoms. The lowest BCUT2D eigenvalue weighted by Gasteiger charge is -2.32. The number of nitrogens with one attached hydrogen (secondary N) is 1. The van der Waals surface area contributed by atoms with E-state index in [1.807, 2.05) is 39.0 Å². The summed E-state index contributed by atoms with van der Waals surface area (Å²) in [5, 5.41) is 15.7. The Bertz CT molecular complexity index is 1890. The van der Waals surface area contributed by atoms with E-state index in [-0.39, 0.29) is 29.4 Å². The third-order valence-corrected chi connectivity index (χ3v) is 9.87. The molecule has 252 valence electrons. The number of aromatic nitrogens is 4. The summed E-state index contributed by atoms with van der Waals surface area (Å²) in [6.07, 6.45) is -2.77. The maximum Gasteiger partial charge on any atom is 0.459 e. The van der Waals surface area contributed by atoms with E-state index >= 15 is 4.39 Å². The first-order chi connectivity index (χ1) is 21.9. The van der Waals surface area contributed by atoms with Crippen molar-refractivity contribution < 1.29 is 37.4 Å². The predicted octanol–water partition coefficient (Wildman–Crippen LogP) is 4.14. The van der Waals surface area contributed by atoms with Gasteiger partial charge in [-0.15, -0.1) is 0 Å². The summed E-state index contributed by atoms with van der Waals surface area (Å²) in [4.78, 5) is 27.4. The molecular formula is C31H39FN7O7P. The Morgan fingerprint density at radius 2 is 1.94 bits per heavy atom. The van der Waals surface area contributed by atoms with Gasteiger partial charge in [-0.1, -0.05) is 57.2 Å². The number of nitrogens with two attached hydrogens (primary N) is 1. The van der Waals surface area contributed by atoms with Crippen LogP contribution in [0.25, 0.3) is 21.9 Å². The van der Waals surface area contributed by atoms with Gasteiger partial charge in [0.25, 0.3) is 0 Å². The molecule has 0 bridgehead atoms. The maximum absolute atomic E-state index is 16.8. The number of halogens is 1. The molecule has 2 aliphatic rings. The van der Waals surface area contributed by atoms with Crippen molar-refractivity contribution in [1.82, 2.24) is 24.6 Å². The van der Waals surface area contributed by atoms with Gasteiger partial charge in [-0.25, -0.2) is 13.9 Å². The molecule has 0 radical (unpaired) electrons.